The van der Waals surface area contributed by atoms with Crippen LogP contribution in [0.5, 0.6) is 0 Å². The van der Waals surface area contributed by atoms with Gasteiger partial charge >= 0.3 is 0 Å². The summed E-state index contributed by atoms with van der Waals surface area (Å²) < 4.78 is 5.39. The summed E-state index contributed by atoms with van der Waals surface area (Å²) >= 11 is 1.52. The van der Waals surface area contributed by atoms with Crippen LogP contribution in [-0.2, 0) is 11.3 Å². The molecule has 6 nitrogen and oxygen atoms in total. The highest BCUT2D eigenvalue weighted by atomic mass is 32.2. The average molecular weight is 490 g/mol. The van der Waals surface area contributed by atoms with Gasteiger partial charge in [-0.1, -0.05) is 30.3 Å². The molecule has 7 heteroatoms. The van der Waals surface area contributed by atoms with Crippen molar-refractivity contribution in [2.45, 2.75) is 32.2 Å². The third kappa shape index (κ3) is 6.63. The van der Waals surface area contributed by atoms with Crippen LogP contribution in [-0.4, -0.2) is 52.5 Å². The number of nitrogens with zero attached hydrogens (tertiary/aromatic N) is 3. The van der Waals surface area contributed by atoms with Gasteiger partial charge in [-0.05, 0) is 61.1 Å². The van der Waals surface area contributed by atoms with E-state index in [1.807, 2.05) is 77.9 Å². The minimum Gasteiger partial charge on any atom is -0.467 e. The molecule has 1 aromatic carbocycles. The van der Waals surface area contributed by atoms with Gasteiger partial charge in [0.15, 0.2) is 0 Å². The first kappa shape index (κ1) is 24.8. The Bertz CT molecular complexity index is 1150. The van der Waals surface area contributed by atoms with E-state index in [4.69, 9.17) is 9.40 Å². The first-order valence-electron chi connectivity index (χ1n) is 11.9. The largest absolute Gasteiger partial charge is 0.467 e. The number of furan rings is 1. The Labute approximate surface area is 211 Å². The molecule has 0 bridgehead atoms. The number of piperidine rings is 1. The zero-order valence-corrected chi connectivity index (χ0v) is 21.0. The van der Waals surface area contributed by atoms with Gasteiger partial charge in [-0.15, -0.1) is 11.8 Å². The maximum absolute atomic E-state index is 13.2. The number of benzene rings is 1. The lowest BCUT2D eigenvalue weighted by molar-refractivity contribution is -0.129. The average Bonchev–Trinajstić information content (AvgIpc) is 3.40. The fraction of sp³-hybridized carbons (Fsp3) is 0.321. The highest BCUT2D eigenvalue weighted by Crippen LogP contribution is 2.30. The van der Waals surface area contributed by atoms with E-state index in [9.17, 15) is 9.59 Å². The van der Waals surface area contributed by atoms with Crippen molar-refractivity contribution < 1.29 is 14.0 Å². The Hall–Kier alpha value is -3.32. The number of rotatable bonds is 8. The molecule has 3 heterocycles. The molecular formula is C28H31N3O3S. The Balaban J connectivity index is 1.33. The number of hydrogen-bond acceptors (Lipinski definition) is 5. The van der Waals surface area contributed by atoms with E-state index in [1.165, 1.54) is 11.8 Å². The fourth-order valence-electron chi connectivity index (χ4n) is 4.29. The van der Waals surface area contributed by atoms with Gasteiger partial charge in [0.05, 0.1) is 29.8 Å². The molecule has 0 N–H and O–H groups in total. The molecule has 4 rings (SSSR count). The van der Waals surface area contributed by atoms with Crippen LogP contribution in [0.15, 0.2) is 70.7 Å². The SMILES string of the molecule is Cc1ccc(C(=O)N(C)Cc2ccco2)c(C2CCN(C(=O)CS/C=C/c3ccccc3)CC2)n1. The van der Waals surface area contributed by atoms with Crippen molar-refractivity contribution in [2.24, 2.45) is 0 Å². The summed E-state index contributed by atoms with van der Waals surface area (Å²) in [6.45, 7) is 3.71. The van der Waals surface area contributed by atoms with Gasteiger partial charge in [0.1, 0.15) is 5.76 Å². The summed E-state index contributed by atoms with van der Waals surface area (Å²) in [5.74, 6) is 1.41. The van der Waals surface area contributed by atoms with Gasteiger partial charge in [0.2, 0.25) is 5.91 Å². The topological polar surface area (TPSA) is 66.7 Å². The smallest absolute Gasteiger partial charge is 0.255 e. The van der Waals surface area contributed by atoms with Gasteiger partial charge in [0.25, 0.3) is 5.91 Å². The number of thioether (sulfide) groups is 1. The molecule has 1 aliphatic rings. The third-order valence-electron chi connectivity index (χ3n) is 6.21. The molecule has 1 aliphatic heterocycles. The van der Waals surface area contributed by atoms with Gasteiger partial charge in [-0.25, -0.2) is 0 Å². The van der Waals surface area contributed by atoms with Crippen molar-refractivity contribution in [1.82, 2.24) is 14.8 Å². The van der Waals surface area contributed by atoms with Crippen LogP contribution >= 0.6 is 11.8 Å². The van der Waals surface area contributed by atoms with Crippen LogP contribution in [0.25, 0.3) is 6.08 Å². The van der Waals surface area contributed by atoms with Gasteiger partial charge < -0.3 is 14.2 Å². The molecule has 0 spiro atoms. The second kappa shape index (κ2) is 11.9. The summed E-state index contributed by atoms with van der Waals surface area (Å²) in [6.07, 6.45) is 5.23. The van der Waals surface area contributed by atoms with E-state index in [0.717, 1.165) is 35.6 Å². The summed E-state index contributed by atoms with van der Waals surface area (Å²) in [7, 11) is 1.78. The predicted octanol–water partition coefficient (Wildman–Crippen LogP) is 5.37. The maximum Gasteiger partial charge on any atom is 0.255 e. The Morgan fingerprint density at radius 2 is 1.89 bits per heavy atom. The van der Waals surface area contributed by atoms with Crippen molar-refractivity contribution in [2.75, 3.05) is 25.9 Å². The second-order valence-electron chi connectivity index (χ2n) is 8.81. The quantitative estimate of drug-likeness (QED) is 0.426. The molecule has 3 aromatic rings. The monoisotopic (exact) mass is 489 g/mol. The highest BCUT2D eigenvalue weighted by Gasteiger charge is 2.28. The van der Waals surface area contributed by atoms with Crippen molar-refractivity contribution >= 4 is 29.7 Å². The minimum absolute atomic E-state index is 0.0657. The first-order valence-corrected chi connectivity index (χ1v) is 12.9. The van der Waals surface area contributed by atoms with Crippen LogP contribution in [0, 0.1) is 6.92 Å². The van der Waals surface area contributed by atoms with Crippen LogP contribution in [0.4, 0.5) is 0 Å². The second-order valence-corrected chi connectivity index (χ2v) is 9.70. The van der Waals surface area contributed by atoms with Gasteiger partial charge in [0, 0.05) is 31.7 Å². The molecule has 0 aliphatic carbocycles. The van der Waals surface area contributed by atoms with Crippen LogP contribution < -0.4 is 0 Å². The van der Waals surface area contributed by atoms with E-state index in [-0.39, 0.29) is 17.7 Å². The Morgan fingerprint density at radius 1 is 1.11 bits per heavy atom. The summed E-state index contributed by atoms with van der Waals surface area (Å²) in [5.41, 5.74) is 3.49. The lowest BCUT2D eigenvalue weighted by Crippen LogP contribution is -2.39. The van der Waals surface area contributed by atoms with Crippen molar-refractivity contribution in [3.63, 3.8) is 0 Å². The van der Waals surface area contributed by atoms with Crippen LogP contribution in [0.1, 0.15) is 51.8 Å². The first-order chi connectivity index (χ1) is 17.0. The molecule has 0 unspecified atom stereocenters. The number of carbonyl (C=O) groups is 2. The standard InChI is InChI=1S/C28H31N3O3S/c1-21-10-11-25(28(33)30(2)19-24-9-6-17-34-24)27(29-21)23-12-15-31(16-13-23)26(32)20-35-18-14-22-7-4-3-5-8-22/h3-11,14,17-18,23H,12-13,15-16,19-20H2,1-2H3/b18-14+. The van der Waals surface area contributed by atoms with E-state index in [0.29, 0.717) is 31.0 Å². The van der Waals surface area contributed by atoms with E-state index < -0.39 is 0 Å². The summed E-state index contributed by atoms with van der Waals surface area (Å²) in [5, 5.41) is 1.98. The zero-order chi connectivity index (χ0) is 24.6. The van der Waals surface area contributed by atoms with Crippen molar-refractivity contribution in [1.29, 1.82) is 0 Å². The van der Waals surface area contributed by atoms with E-state index in [1.54, 1.807) is 18.2 Å². The number of likely N-dealkylation sites (tertiary alicyclic amines) is 1. The Morgan fingerprint density at radius 3 is 2.60 bits per heavy atom. The van der Waals surface area contributed by atoms with Gasteiger partial charge in [-0.2, -0.15) is 0 Å². The number of carbonyl (C=O) groups excluding carboxylic acids is 2. The van der Waals surface area contributed by atoms with Crippen LogP contribution in [0.3, 0.4) is 0 Å². The summed E-state index contributed by atoms with van der Waals surface area (Å²) in [6, 6.07) is 17.5. The zero-order valence-electron chi connectivity index (χ0n) is 20.2. The molecule has 2 aromatic heterocycles. The minimum atomic E-state index is -0.0657. The van der Waals surface area contributed by atoms with Crippen LogP contribution in [0.2, 0.25) is 0 Å². The number of aryl methyl sites for hydroxylation is 1. The normalized spacial score (nSPS) is 14.4. The number of amides is 2. The van der Waals surface area contributed by atoms with Crippen molar-refractivity contribution in [3.05, 3.63) is 94.5 Å². The van der Waals surface area contributed by atoms with Crippen molar-refractivity contribution in [3.8, 4) is 0 Å². The van der Waals surface area contributed by atoms with E-state index in [2.05, 4.69) is 0 Å². The predicted molar refractivity (Wildman–Crippen MR) is 140 cm³/mol. The number of aromatic nitrogens is 1. The molecule has 0 radical (unpaired) electrons. The fourth-order valence-corrected chi connectivity index (χ4v) is 4.96. The molecular weight excluding hydrogens is 458 g/mol. The van der Waals surface area contributed by atoms with Gasteiger partial charge in [-0.3, -0.25) is 14.6 Å². The third-order valence-corrected chi connectivity index (χ3v) is 6.95. The molecule has 0 atom stereocenters. The number of hydrogen-bond donors (Lipinski definition) is 0. The molecule has 1 saturated heterocycles. The van der Waals surface area contributed by atoms with E-state index >= 15 is 0 Å². The molecule has 182 valence electrons. The molecule has 0 saturated carbocycles. The molecule has 2 amide bonds. The molecule has 1 fully saturated rings. The number of pyridine rings is 1. The highest BCUT2D eigenvalue weighted by molar-refractivity contribution is 8.02. The lowest BCUT2D eigenvalue weighted by atomic mass is 9.89. The Kier molecular flexibility index (Phi) is 8.42. The molecule has 35 heavy (non-hydrogen) atoms. The lowest BCUT2D eigenvalue weighted by Gasteiger charge is -2.32. The summed E-state index contributed by atoms with van der Waals surface area (Å²) in [4.78, 5) is 34.3. The maximum atomic E-state index is 13.2.